The summed E-state index contributed by atoms with van der Waals surface area (Å²) in [4.78, 5) is 4.72. The Bertz CT molecular complexity index is 1050. The number of ether oxygens (including phenoxy) is 3. The first-order chi connectivity index (χ1) is 14.6. The molecule has 0 saturated carbocycles. The predicted octanol–water partition coefficient (Wildman–Crippen LogP) is 4.52. The topological polar surface area (TPSA) is 91.5 Å². The highest BCUT2D eigenvalue weighted by Gasteiger charge is 2.23. The fourth-order valence-electron chi connectivity index (χ4n) is 3.15. The number of aromatic nitrogens is 3. The predicted molar refractivity (Wildman–Crippen MR) is 111 cm³/mol. The SMILES string of the molecule is COC(CNc1nnc(-c2cc(C)c3cc(OC(F)F)cc(C(C)(C)C)c3n2)o1)OC. The van der Waals surface area contributed by atoms with Crippen LogP contribution in [0.2, 0.25) is 0 Å². The Morgan fingerprint density at radius 2 is 1.81 bits per heavy atom. The van der Waals surface area contributed by atoms with E-state index in [2.05, 4.69) is 20.3 Å². The van der Waals surface area contributed by atoms with Crippen LogP contribution >= 0.6 is 0 Å². The third-order valence-electron chi connectivity index (χ3n) is 4.72. The molecule has 10 heteroatoms. The van der Waals surface area contributed by atoms with Crippen LogP contribution in [0, 0.1) is 6.92 Å². The second kappa shape index (κ2) is 9.11. The molecule has 3 rings (SSSR count). The summed E-state index contributed by atoms with van der Waals surface area (Å²) in [5.41, 5.74) is 2.36. The van der Waals surface area contributed by atoms with Gasteiger partial charge in [-0.1, -0.05) is 25.9 Å². The maximum Gasteiger partial charge on any atom is 0.387 e. The van der Waals surface area contributed by atoms with E-state index >= 15 is 0 Å². The zero-order valence-corrected chi connectivity index (χ0v) is 18.3. The minimum atomic E-state index is -2.90. The van der Waals surface area contributed by atoms with Gasteiger partial charge in [0, 0.05) is 19.6 Å². The number of alkyl halides is 2. The van der Waals surface area contributed by atoms with Crippen LogP contribution in [0.1, 0.15) is 31.9 Å². The van der Waals surface area contributed by atoms with Crippen LogP contribution < -0.4 is 10.1 Å². The van der Waals surface area contributed by atoms with Gasteiger partial charge in [-0.05, 0) is 41.7 Å². The van der Waals surface area contributed by atoms with Gasteiger partial charge in [-0.3, -0.25) is 0 Å². The molecule has 0 radical (unpaired) electrons. The van der Waals surface area contributed by atoms with Gasteiger partial charge in [0.15, 0.2) is 6.29 Å². The van der Waals surface area contributed by atoms with Crippen molar-refractivity contribution in [3.63, 3.8) is 0 Å². The minimum absolute atomic E-state index is 0.0974. The summed E-state index contributed by atoms with van der Waals surface area (Å²) in [6, 6.07) is 5.14. The summed E-state index contributed by atoms with van der Waals surface area (Å²) in [7, 11) is 3.06. The van der Waals surface area contributed by atoms with Gasteiger partial charge in [0.1, 0.15) is 11.4 Å². The summed E-state index contributed by atoms with van der Waals surface area (Å²) in [5, 5.41) is 11.7. The molecule has 0 spiro atoms. The molecule has 8 nitrogen and oxygen atoms in total. The number of rotatable bonds is 8. The van der Waals surface area contributed by atoms with Crippen molar-refractivity contribution < 1.29 is 27.4 Å². The van der Waals surface area contributed by atoms with E-state index in [0.29, 0.717) is 23.1 Å². The minimum Gasteiger partial charge on any atom is -0.435 e. The third-order valence-corrected chi connectivity index (χ3v) is 4.72. The molecule has 0 fully saturated rings. The van der Waals surface area contributed by atoms with Crippen molar-refractivity contribution in [1.29, 1.82) is 0 Å². The van der Waals surface area contributed by atoms with E-state index in [4.69, 9.17) is 18.9 Å². The maximum absolute atomic E-state index is 12.8. The molecule has 0 aliphatic heterocycles. The van der Waals surface area contributed by atoms with E-state index in [1.807, 2.05) is 27.7 Å². The van der Waals surface area contributed by atoms with Gasteiger partial charge in [0.25, 0.3) is 5.89 Å². The van der Waals surface area contributed by atoms with Gasteiger partial charge in [-0.2, -0.15) is 8.78 Å². The monoisotopic (exact) mass is 436 g/mol. The second-order valence-corrected chi connectivity index (χ2v) is 8.01. The number of fused-ring (bicyclic) bond motifs is 1. The lowest BCUT2D eigenvalue weighted by atomic mass is 9.84. The van der Waals surface area contributed by atoms with Gasteiger partial charge in [-0.25, -0.2) is 4.98 Å². The third kappa shape index (κ3) is 5.26. The van der Waals surface area contributed by atoms with Gasteiger partial charge in [0.2, 0.25) is 0 Å². The second-order valence-electron chi connectivity index (χ2n) is 8.01. The van der Waals surface area contributed by atoms with Gasteiger partial charge in [0.05, 0.1) is 12.1 Å². The molecule has 0 aliphatic carbocycles. The molecule has 1 aromatic carbocycles. The van der Waals surface area contributed by atoms with Crippen LogP contribution in [0.3, 0.4) is 0 Å². The number of pyridine rings is 1. The number of methoxy groups -OCH3 is 2. The number of hydrogen-bond donors (Lipinski definition) is 1. The lowest BCUT2D eigenvalue weighted by Gasteiger charge is -2.22. The molecule has 0 amide bonds. The highest BCUT2D eigenvalue weighted by atomic mass is 19.3. The standard InChI is InChI=1S/C21H26F2N4O4/c1-11-7-15(18-26-27-20(31-18)24-10-16(28-5)29-6)25-17-13(11)8-12(30-19(22)23)9-14(17)21(2,3)4/h7-9,16,19H,10H2,1-6H3,(H,24,27). The first kappa shape index (κ1) is 22.8. The molecule has 2 aromatic heterocycles. The van der Waals surface area contributed by atoms with Crippen LogP contribution in [0.25, 0.3) is 22.5 Å². The number of nitrogens with zero attached hydrogens (tertiary/aromatic N) is 3. The van der Waals surface area contributed by atoms with Crippen molar-refractivity contribution in [2.24, 2.45) is 0 Å². The molecule has 0 atom stereocenters. The van der Waals surface area contributed by atoms with Crippen LogP contribution in [-0.2, 0) is 14.9 Å². The summed E-state index contributed by atoms with van der Waals surface area (Å²) in [5.74, 6) is 0.326. The van der Waals surface area contributed by atoms with Crippen LogP contribution in [0.4, 0.5) is 14.8 Å². The number of anilines is 1. The van der Waals surface area contributed by atoms with Gasteiger partial charge >= 0.3 is 12.6 Å². The average molecular weight is 436 g/mol. The van der Waals surface area contributed by atoms with E-state index in [9.17, 15) is 8.78 Å². The average Bonchev–Trinajstić information content (AvgIpc) is 3.16. The molecule has 0 bridgehead atoms. The maximum atomic E-state index is 12.8. The fraction of sp³-hybridized carbons (Fsp3) is 0.476. The van der Waals surface area contributed by atoms with Crippen molar-refractivity contribution >= 4 is 16.9 Å². The molecule has 1 N–H and O–H groups in total. The molecular weight excluding hydrogens is 410 g/mol. The first-order valence-electron chi connectivity index (χ1n) is 9.66. The molecule has 168 valence electrons. The lowest BCUT2D eigenvalue weighted by molar-refractivity contribution is -0.0916. The number of halogens is 2. The smallest absolute Gasteiger partial charge is 0.387 e. The molecule has 0 aliphatic rings. The lowest BCUT2D eigenvalue weighted by Crippen LogP contribution is -2.23. The van der Waals surface area contributed by atoms with Crippen molar-refractivity contribution in [2.45, 2.75) is 46.0 Å². The molecule has 2 heterocycles. The Morgan fingerprint density at radius 1 is 1.10 bits per heavy atom. The van der Waals surface area contributed by atoms with E-state index < -0.39 is 12.9 Å². The van der Waals surface area contributed by atoms with E-state index in [1.54, 1.807) is 18.2 Å². The highest BCUT2D eigenvalue weighted by Crippen LogP contribution is 2.36. The van der Waals surface area contributed by atoms with Crippen LogP contribution in [0.5, 0.6) is 5.75 Å². The summed E-state index contributed by atoms with van der Waals surface area (Å²) >= 11 is 0. The normalized spacial score (nSPS) is 12.2. The Labute approximate surface area is 178 Å². The molecular formula is C21H26F2N4O4. The number of nitrogens with one attached hydrogen (secondary N) is 1. The molecule has 0 saturated heterocycles. The highest BCUT2D eigenvalue weighted by molar-refractivity contribution is 5.89. The zero-order valence-electron chi connectivity index (χ0n) is 18.3. The number of hydrogen-bond acceptors (Lipinski definition) is 8. The van der Waals surface area contributed by atoms with Crippen molar-refractivity contribution in [1.82, 2.24) is 15.2 Å². The van der Waals surface area contributed by atoms with Crippen LogP contribution in [-0.4, -0.2) is 48.8 Å². The van der Waals surface area contributed by atoms with Crippen molar-refractivity contribution in [3.8, 4) is 17.3 Å². The summed E-state index contributed by atoms with van der Waals surface area (Å²) in [6.07, 6.45) is -0.463. The quantitative estimate of drug-likeness (QED) is 0.515. The number of benzene rings is 1. The summed E-state index contributed by atoms with van der Waals surface area (Å²) < 4.78 is 46.2. The fourth-order valence-corrected chi connectivity index (χ4v) is 3.15. The largest absolute Gasteiger partial charge is 0.435 e. The van der Waals surface area contributed by atoms with E-state index in [0.717, 1.165) is 11.1 Å². The van der Waals surface area contributed by atoms with Gasteiger partial charge < -0.3 is 23.9 Å². The van der Waals surface area contributed by atoms with Crippen molar-refractivity contribution in [2.75, 3.05) is 26.1 Å². The first-order valence-corrected chi connectivity index (χ1v) is 9.66. The Hall–Kier alpha value is -2.85. The van der Waals surface area contributed by atoms with Gasteiger partial charge in [-0.15, -0.1) is 5.10 Å². The Balaban J connectivity index is 2.02. The Kier molecular flexibility index (Phi) is 6.71. The van der Waals surface area contributed by atoms with Crippen LogP contribution in [0.15, 0.2) is 22.6 Å². The van der Waals surface area contributed by atoms with Crippen molar-refractivity contribution in [3.05, 3.63) is 29.3 Å². The zero-order chi connectivity index (χ0) is 22.8. The van der Waals surface area contributed by atoms with E-state index in [-0.39, 0.29) is 23.1 Å². The number of aryl methyl sites for hydroxylation is 1. The molecule has 31 heavy (non-hydrogen) atoms. The Morgan fingerprint density at radius 3 is 2.42 bits per heavy atom. The summed E-state index contributed by atoms with van der Waals surface area (Å²) in [6.45, 7) is 5.22. The molecule has 0 unspecified atom stereocenters. The molecule has 3 aromatic rings. The van der Waals surface area contributed by atoms with E-state index in [1.165, 1.54) is 14.2 Å².